The highest BCUT2D eigenvalue weighted by atomic mass is 16.5. The number of carbonyl (C=O) groups excluding carboxylic acids is 2. The van der Waals surface area contributed by atoms with Gasteiger partial charge < -0.3 is 10.1 Å². The molecule has 7 nitrogen and oxygen atoms in total. The summed E-state index contributed by atoms with van der Waals surface area (Å²) in [6.07, 6.45) is 0.831. The zero-order valence-electron chi connectivity index (χ0n) is 10.2. The van der Waals surface area contributed by atoms with Crippen LogP contribution in [0.25, 0.3) is 0 Å². The number of hydrogen-bond donors (Lipinski definition) is 3. The lowest BCUT2D eigenvalue weighted by molar-refractivity contribution is -0.128. The molecule has 2 unspecified atom stereocenters. The first-order valence-corrected chi connectivity index (χ1v) is 5.59. The maximum absolute atomic E-state index is 11.6. The Morgan fingerprint density at radius 2 is 2.29 bits per heavy atom. The molecule has 2 amide bonds. The topological polar surface area (TPSA) is 96.7 Å². The van der Waals surface area contributed by atoms with Gasteiger partial charge in [0.2, 0.25) is 5.91 Å². The van der Waals surface area contributed by atoms with Gasteiger partial charge in [0.25, 0.3) is 5.91 Å². The highest BCUT2D eigenvalue weighted by Gasteiger charge is 2.32. The molecular weight excluding hydrogens is 224 g/mol. The molecule has 0 aromatic heterocycles. The fourth-order valence-corrected chi connectivity index (χ4v) is 2.08. The lowest BCUT2D eigenvalue weighted by atomic mass is 10.2. The van der Waals surface area contributed by atoms with Gasteiger partial charge in [-0.25, -0.2) is 5.84 Å². The number of carbonyl (C=O) groups is 2. The molecule has 1 heterocycles. The fourth-order valence-electron chi connectivity index (χ4n) is 2.08. The molecule has 0 bridgehead atoms. The van der Waals surface area contributed by atoms with Crippen molar-refractivity contribution in [3.8, 4) is 0 Å². The summed E-state index contributed by atoms with van der Waals surface area (Å²) < 4.78 is 5.01. The van der Waals surface area contributed by atoms with Crippen LogP contribution in [0.5, 0.6) is 0 Å². The van der Waals surface area contributed by atoms with Gasteiger partial charge in [0.15, 0.2) is 0 Å². The third-order valence-corrected chi connectivity index (χ3v) is 2.84. The summed E-state index contributed by atoms with van der Waals surface area (Å²) in [5, 5.41) is 2.84. The molecule has 17 heavy (non-hydrogen) atoms. The van der Waals surface area contributed by atoms with Crippen molar-refractivity contribution >= 4 is 11.8 Å². The van der Waals surface area contributed by atoms with Crippen LogP contribution in [-0.2, 0) is 14.3 Å². The third kappa shape index (κ3) is 3.95. The summed E-state index contributed by atoms with van der Waals surface area (Å²) in [4.78, 5) is 24.5. The highest BCUT2D eigenvalue weighted by Crippen LogP contribution is 2.13. The number of nitrogens with zero attached hydrogens (tertiary/aromatic N) is 1. The van der Waals surface area contributed by atoms with E-state index in [0.717, 1.165) is 13.0 Å². The molecule has 1 fully saturated rings. The Hall–Kier alpha value is -1.18. The Morgan fingerprint density at radius 1 is 1.59 bits per heavy atom. The lowest BCUT2D eigenvalue weighted by Gasteiger charge is -2.25. The number of rotatable bonds is 5. The van der Waals surface area contributed by atoms with Crippen molar-refractivity contribution in [2.24, 2.45) is 5.84 Å². The second kappa shape index (κ2) is 6.53. The number of amides is 2. The predicted octanol–water partition coefficient (Wildman–Crippen LogP) is -1.80. The van der Waals surface area contributed by atoms with E-state index in [2.05, 4.69) is 10.7 Å². The van der Waals surface area contributed by atoms with Crippen molar-refractivity contribution in [3.05, 3.63) is 0 Å². The molecule has 7 heteroatoms. The van der Waals surface area contributed by atoms with E-state index in [4.69, 9.17) is 10.6 Å². The summed E-state index contributed by atoms with van der Waals surface area (Å²) in [5.41, 5.74) is 2.13. The van der Waals surface area contributed by atoms with Crippen LogP contribution >= 0.6 is 0 Å². The van der Waals surface area contributed by atoms with Gasteiger partial charge >= 0.3 is 0 Å². The molecule has 1 saturated heterocycles. The Kier molecular flexibility index (Phi) is 5.33. The van der Waals surface area contributed by atoms with Crippen molar-refractivity contribution in [2.75, 3.05) is 26.8 Å². The van der Waals surface area contributed by atoms with Crippen molar-refractivity contribution in [2.45, 2.75) is 25.4 Å². The van der Waals surface area contributed by atoms with Crippen LogP contribution in [-0.4, -0.2) is 55.6 Å². The normalized spacial score (nSPS) is 22.2. The Bertz CT molecular complexity index is 285. The highest BCUT2D eigenvalue weighted by molar-refractivity contribution is 5.81. The standard InChI is InChI=1S/C10H20N4O3/c1-7(15)12-8-3-4-14(5-8)9(6-17-2)10(16)13-11/h8-9H,3-6,11H2,1-2H3,(H,12,15)(H,13,16). The quantitative estimate of drug-likeness (QED) is 0.301. The molecule has 2 atom stereocenters. The van der Waals surface area contributed by atoms with Crippen LogP contribution in [0.1, 0.15) is 13.3 Å². The van der Waals surface area contributed by atoms with Crippen LogP contribution in [0.3, 0.4) is 0 Å². The van der Waals surface area contributed by atoms with Gasteiger partial charge in [-0.3, -0.25) is 19.9 Å². The smallest absolute Gasteiger partial charge is 0.253 e. The van der Waals surface area contributed by atoms with E-state index >= 15 is 0 Å². The van der Waals surface area contributed by atoms with E-state index in [9.17, 15) is 9.59 Å². The van der Waals surface area contributed by atoms with Gasteiger partial charge in [-0.05, 0) is 6.42 Å². The fraction of sp³-hybridized carbons (Fsp3) is 0.800. The summed E-state index contributed by atoms with van der Waals surface area (Å²) in [7, 11) is 1.54. The molecule has 0 aliphatic carbocycles. The average Bonchev–Trinajstić information content (AvgIpc) is 2.72. The second-order valence-corrected chi connectivity index (χ2v) is 4.16. The van der Waals surface area contributed by atoms with E-state index in [1.807, 2.05) is 4.90 Å². The molecule has 4 N–H and O–H groups in total. The minimum Gasteiger partial charge on any atom is -0.383 e. The molecule has 1 aliphatic heterocycles. The van der Waals surface area contributed by atoms with Crippen molar-refractivity contribution in [1.82, 2.24) is 15.6 Å². The predicted molar refractivity (Wildman–Crippen MR) is 61.8 cm³/mol. The number of nitrogens with one attached hydrogen (secondary N) is 2. The largest absolute Gasteiger partial charge is 0.383 e. The minimum atomic E-state index is -0.399. The molecule has 1 aliphatic rings. The average molecular weight is 244 g/mol. The minimum absolute atomic E-state index is 0.0524. The van der Waals surface area contributed by atoms with Gasteiger partial charge in [0.1, 0.15) is 6.04 Å². The van der Waals surface area contributed by atoms with E-state index in [-0.39, 0.29) is 24.5 Å². The van der Waals surface area contributed by atoms with E-state index in [0.29, 0.717) is 6.54 Å². The lowest BCUT2D eigenvalue weighted by Crippen LogP contribution is -2.51. The number of nitrogens with two attached hydrogens (primary N) is 1. The summed E-state index contributed by atoms with van der Waals surface area (Å²) in [5.74, 6) is 4.81. The number of methoxy groups -OCH3 is 1. The molecule has 0 saturated carbocycles. The van der Waals surface area contributed by atoms with Crippen LogP contribution in [0.4, 0.5) is 0 Å². The maximum atomic E-state index is 11.6. The van der Waals surface area contributed by atoms with Crippen molar-refractivity contribution in [3.63, 3.8) is 0 Å². The summed E-state index contributed by atoms with van der Waals surface area (Å²) in [6, 6.07) is -0.304. The van der Waals surface area contributed by atoms with Crippen molar-refractivity contribution < 1.29 is 14.3 Å². The molecular formula is C10H20N4O3. The summed E-state index contributed by atoms with van der Waals surface area (Å²) in [6.45, 7) is 3.16. The van der Waals surface area contributed by atoms with E-state index in [1.165, 1.54) is 14.0 Å². The second-order valence-electron chi connectivity index (χ2n) is 4.16. The first-order valence-electron chi connectivity index (χ1n) is 5.59. The van der Waals surface area contributed by atoms with E-state index < -0.39 is 6.04 Å². The number of ether oxygens (including phenoxy) is 1. The van der Waals surface area contributed by atoms with Gasteiger partial charge in [-0.1, -0.05) is 0 Å². The Balaban J connectivity index is 2.53. The zero-order valence-corrected chi connectivity index (χ0v) is 10.2. The number of hydrogen-bond acceptors (Lipinski definition) is 5. The van der Waals surface area contributed by atoms with Gasteiger partial charge in [0, 0.05) is 33.2 Å². The zero-order chi connectivity index (χ0) is 12.8. The van der Waals surface area contributed by atoms with Crippen LogP contribution in [0, 0.1) is 0 Å². The first-order chi connectivity index (χ1) is 8.08. The molecule has 0 aromatic carbocycles. The van der Waals surface area contributed by atoms with Crippen molar-refractivity contribution in [1.29, 1.82) is 0 Å². The van der Waals surface area contributed by atoms with Crippen LogP contribution in [0.2, 0.25) is 0 Å². The van der Waals surface area contributed by atoms with E-state index in [1.54, 1.807) is 0 Å². The van der Waals surface area contributed by atoms with Gasteiger partial charge in [-0.15, -0.1) is 0 Å². The van der Waals surface area contributed by atoms with Crippen LogP contribution in [0.15, 0.2) is 0 Å². The Morgan fingerprint density at radius 3 is 2.82 bits per heavy atom. The number of hydrazine groups is 1. The molecule has 1 rings (SSSR count). The number of likely N-dealkylation sites (tertiary alicyclic amines) is 1. The summed E-state index contributed by atoms with van der Waals surface area (Å²) >= 11 is 0. The monoisotopic (exact) mass is 244 g/mol. The maximum Gasteiger partial charge on any atom is 0.253 e. The first kappa shape index (κ1) is 13.9. The van der Waals surface area contributed by atoms with Gasteiger partial charge in [-0.2, -0.15) is 0 Å². The van der Waals surface area contributed by atoms with Crippen LogP contribution < -0.4 is 16.6 Å². The molecule has 98 valence electrons. The Labute approximate surface area is 101 Å². The third-order valence-electron chi connectivity index (χ3n) is 2.84. The molecule has 0 radical (unpaired) electrons. The molecule has 0 aromatic rings. The van der Waals surface area contributed by atoms with Gasteiger partial charge in [0.05, 0.1) is 6.61 Å². The SMILES string of the molecule is COCC(C(=O)NN)N1CCC(NC(C)=O)C1. The molecule has 0 spiro atoms.